The van der Waals surface area contributed by atoms with Crippen molar-refractivity contribution >= 4 is 5.91 Å². The number of carbonyl (C=O) groups excluding carboxylic acids is 1. The Balaban J connectivity index is 4.12. The van der Waals surface area contributed by atoms with Crippen LogP contribution in [0.25, 0.3) is 0 Å². The zero-order chi connectivity index (χ0) is 9.56. The van der Waals surface area contributed by atoms with Gasteiger partial charge in [-0.3, -0.25) is 4.79 Å². The Kier molecular flexibility index (Phi) is 4.87. The fraction of sp³-hybridized carbons (Fsp3) is 0.571. The first-order valence-electron chi connectivity index (χ1n) is 3.65. The summed E-state index contributed by atoms with van der Waals surface area (Å²) in [6, 6.07) is 0. The molecule has 0 aliphatic heterocycles. The van der Waals surface area contributed by atoms with Gasteiger partial charge in [-0.05, 0) is 0 Å². The molecule has 0 bridgehead atoms. The maximum absolute atomic E-state index is 10.7. The van der Waals surface area contributed by atoms with Gasteiger partial charge in [0.2, 0.25) is 5.91 Å². The van der Waals surface area contributed by atoms with E-state index >= 15 is 0 Å². The maximum atomic E-state index is 10.7. The van der Waals surface area contributed by atoms with Gasteiger partial charge in [-0.15, -0.1) is 0 Å². The summed E-state index contributed by atoms with van der Waals surface area (Å²) in [6.45, 7) is 1.47. The Hall–Kier alpha value is -1.23. The van der Waals surface area contributed by atoms with Gasteiger partial charge in [-0.2, -0.15) is 0 Å². The zero-order valence-electron chi connectivity index (χ0n) is 7.93. The minimum absolute atomic E-state index is 0.0900. The number of nitrogens with one attached hydrogen (secondary N) is 3. The largest absolute Gasteiger partial charge is 0.363 e. The Morgan fingerprint density at radius 1 is 1.42 bits per heavy atom. The van der Waals surface area contributed by atoms with Crippen molar-refractivity contribution in [3.63, 3.8) is 0 Å². The molecule has 5 heteroatoms. The van der Waals surface area contributed by atoms with Gasteiger partial charge in [0, 0.05) is 28.1 Å². The van der Waals surface area contributed by atoms with E-state index in [4.69, 9.17) is 0 Å². The molecule has 0 fully saturated rings. The second-order valence-electron chi connectivity index (χ2n) is 2.50. The highest BCUT2D eigenvalue weighted by atomic mass is 16.1. The monoisotopic (exact) mass is 172 g/mol. The predicted molar refractivity (Wildman–Crippen MR) is 47.8 cm³/mol. The third kappa shape index (κ3) is 4.56. The highest BCUT2D eigenvalue weighted by Crippen LogP contribution is 1.89. The summed E-state index contributed by atoms with van der Waals surface area (Å²) < 4.78 is 0. The maximum Gasteiger partial charge on any atom is 0.222 e. The van der Waals surface area contributed by atoms with Gasteiger partial charge in [0.1, 0.15) is 5.82 Å². The molecule has 1 amide bonds. The molecule has 0 unspecified atom stereocenters. The van der Waals surface area contributed by atoms with Crippen LogP contribution in [0.1, 0.15) is 6.92 Å². The van der Waals surface area contributed by atoms with Crippen LogP contribution in [0.3, 0.4) is 0 Å². The fourth-order valence-electron chi connectivity index (χ4n) is 0.598. The van der Waals surface area contributed by atoms with Gasteiger partial charge in [-0.1, -0.05) is 0 Å². The van der Waals surface area contributed by atoms with Crippen LogP contribution in [0.4, 0.5) is 0 Å². The van der Waals surface area contributed by atoms with E-state index in [0.29, 0.717) is 5.82 Å². The highest BCUT2D eigenvalue weighted by molar-refractivity contribution is 5.74. The van der Waals surface area contributed by atoms with E-state index in [2.05, 4.69) is 16.2 Å². The molecule has 12 heavy (non-hydrogen) atoms. The lowest BCUT2D eigenvalue weighted by Gasteiger charge is -2.17. The van der Waals surface area contributed by atoms with Crippen LogP contribution in [0.5, 0.6) is 0 Å². The first-order valence-corrected chi connectivity index (χ1v) is 3.65. The minimum Gasteiger partial charge on any atom is -0.363 e. The molecule has 0 saturated heterocycles. The van der Waals surface area contributed by atoms with Crippen molar-refractivity contribution in [2.45, 2.75) is 6.92 Å². The van der Waals surface area contributed by atoms with E-state index in [-0.39, 0.29) is 5.91 Å². The quantitative estimate of drug-likeness (QED) is 0.486. The second kappa shape index (κ2) is 5.42. The molecule has 0 heterocycles. The van der Waals surface area contributed by atoms with Gasteiger partial charge < -0.3 is 15.6 Å². The van der Waals surface area contributed by atoms with Crippen molar-refractivity contribution in [2.75, 3.05) is 21.1 Å². The van der Waals surface area contributed by atoms with Crippen molar-refractivity contribution in [3.05, 3.63) is 12.0 Å². The molecule has 0 saturated carbocycles. The Labute approximate surface area is 72.8 Å². The van der Waals surface area contributed by atoms with Crippen molar-refractivity contribution in [2.24, 2.45) is 0 Å². The third-order valence-electron chi connectivity index (χ3n) is 1.14. The molecule has 70 valence electrons. The molecule has 3 N–H and O–H groups in total. The first kappa shape index (κ1) is 10.8. The smallest absolute Gasteiger partial charge is 0.222 e. The van der Waals surface area contributed by atoms with Gasteiger partial charge in [-0.25, -0.2) is 5.43 Å². The lowest BCUT2D eigenvalue weighted by atomic mass is 10.6. The molecule has 0 aliphatic rings. The Bertz CT molecular complexity index is 176. The van der Waals surface area contributed by atoms with E-state index < -0.39 is 0 Å². The van der Waals surface area contributed by atoms with Crippen LogP contribution in [-0.4, -0.2) is 32.0 Å². The number of nitrogens with zero attached hydrogens (tertiary/aromatic N) is 1. The van der Waals surface area contributed by atoms with Crippen LogP contribution < -0.4 is 16.2 Å². The van der Waals surface area contributed by atoms with Gasteiger partial charge >= 0.3 is 0 Å². The molecule has 0 rings (SSSR count). The molecular weight excluding hydrogens is 156 g/mol. The predicted octanol–water partition coefficient (Wildman–Crippen LogP) is -0.793. The van der Waals surface area contributed by atoms with Crippen molar-refractivity contribution in [3.8, 4) is 0 Å². The summed E-state index contributed by atoms with van der Waals surface area (Å²) in [7, 11) is 5.44. The van der Waals surface area contributed by atoms with Gasteiger partial charge in [0.25, 0.3) is 0 Å². The van der Waals surface area contributed by atoms with Crippen LogP contribution >= 0.6 is 0 Å². The van der Waals surface area contributed by atoms with E-state index in [1.807, 2.05) is 14.1 Å². The van der Waals surface area contributed by atoms with E-state index in [1.165, 1.54) is 6.92 Å². The van der Waals surface area contributed by atoms with Crippen molar-refractivity contribution < 1.29 is 4.79 Å². The number of hydrogen-bond donors (Lipinski definition) is 3. The van der Waals surface area contributed by atoms with Gasteiger partial charge in [0.15, 0.2) is 0 Å². The Morgan fingerprint density at radius 3 is 2.33 bits per heavy atom. The number of carbonyl (C=O) groups is 1. The topological polar surface area (TPSA) is 56.4 Å². The first-order chi connectivity index (χ1) is 5.57. The summed E-state index contributed by atoms with van der Waals surface area (Å²) in [6.07, 6.45) is 1.67. The molecular formula is C7H16N4O. The van der Waals surface area contributed by atoms with Crippen LogP contribution in [0, 0.1) is 0 Å². The van der Waals surface area contributed by atoms with Crippen LogP contribution in [0.2, 0.25) is 0 Å². The second-order valence-corrected chi connectivity index (χ2v) is 2.50. The summed E-state index contributed by atoms with van der Waals surface area (Å²) in [5, 5.41) is 2.66. The number of amides is 1. The van der Waals surface area contributed by atoms with E-state index in [1.54, 1.807) is 18.1 Å². The number of hydrazine groups is 1. The van der Waals surface area contributed by atoms with Crippen molar-refractivity contribution in [1.82, 2.24) is 21.1 Å². The number of hydrogen-bond acceptors (Lipinski definition) is 4. The lowest BCUT2D eigenvalue weighted by Crippen LogP contribution is -2.32. The molecule has 5 nitrogen and oxygen atoms in total. The van der Waals surface area contributed by atoms with Gasteiger partial charge in [0.05, 0.1) is 6.20 Å². The van der Waals surface area contributed by atoms with Crippen LogP contribution in [-0.2, 0) is 4.79 Å². The van der Waals surface area contributed by atoms with Crippen molar-refractivity contribution in [1.29, 1.82) is 0 Å². The summed E-state index contributed by atoms with van der Waals surface area (Å²) in [5.41, 5.74) is 5.49. The molecule has 0 radical (unpaired) electrons. The third-order valence-corrected chi connectivity index (χ3v) is 1.14. The highest BCUT2D eigenvalue weighted by Gasteiger charge is 1.99. The minimum atomic E-state index is -0.0900. The Morgan fingerprint density at radius 2 is 2.00 bits per heavy atom. The fourth-order valence-corrected chi connectivity index (χ4v) is 0.598. The molecule has 0 aromatic rings. The average Bonchev–Trinajstić information content (AvgIpc) is 1.96. The molecule has 0 aromatic heterocycles. The van der Waals surface area contributed by atoms with E-state index in [0.717, 1.165) is 0 Å². The normalized spacial score (nSPS) is 10.8. The average molecular weight is 172 g/mol. The standard InChI is InChI=1S/C7H16N4O/c1-6(12)10-7(11(3)4)5-9-8-2/h5,8-9H,1-4H3,(H,10,12)/b7-5-. The molecule has 0 aromatic carbocycles. The lowest BCUT2D eigenvalue weighted by molar-refractivity contribution is -0.118. The SMILES string of the molecule is CNN/C=C(/NC(C)=O)N(C)C. The molecule has 0 atom stereocenters. The van der Waals surface area contributed by atoms with Crippen LogP contribution in [0.15, 0.2) is 12.0 Å². The zero-order valence-corrected chi connectivity index (χ0v) is 7.93. The summed E-state index contributed by atoms with van der Waals surface area (Å²) >= 11 is 0. The number of rotatable bonds is 4. The van der Waals surface area contributed by atoms with E-state index in [9.17, 15) is 4.79 Å². The summed E-state index contributed by atoms with van der Waals surface area (Å²) in [4.78, 5) is 12.5. The summed E-state index contributed by atoms with van der Waals surface area (Å²) in [5.74, 6) is 0.615. The molecule has 0 spiro atoms. The molecule has 0 aliphatic carbocycles.